The summed E-state index contributed by atoms with van der Waals surface area (Å²) in [4.78, 5) is 24.3. The third kappa shape index (κ3) is 6.44. The van der Waals surface area contributed by atoms with Gasteiger partial charge in [-0.15, -0.1) is 12.4 Å². The largest absolute Gasteiger partial charge is 0.378 e. The second-order valence-corrected chi connectivity index (χ2v) is 10.8. The summed E-state index contributed by atoms with van der Waals surface area (Å²) < 4.78 is 24.6. The molecule has 0 saturated heterocycles. The summed E-state index contributed by atoms with van der Waals surface area (Å²) in [5.74, 6) is -0.121. The van der Waals surface area contributed by atoms with E-state index in [1.165, 1.54) is 17.6 Å². The summed E-state index contributed by atoms with van der Waals surface area (Å²) in [6.45, 7) is 7.20. The van der Waals surface area contributed by atoms with Crippen molar-refractivity contribution in [2.45, 2.75) is 18.7 Å². The Morgan fingerprint density at radius 2 is 1.64 bits per heavy atom. The fourth-order valence-corrected chi connectivity index (χ4v) is 5.11. The second kappa shape index (κ2) is 11.3. The molecular formula is C23H31ClN4O3S2. The number of carbonyl (C=O) groups excluding carboxylic acids is 1. The molecule has 3 rings (SSSR count). The number of carbonyl (C=O) groups is 1. The van der Waals surface area contributed by atoms with E-state index in [0.29, 0.717) is 22.8 Å². The van der Waals surface area contributed by atoms with Crippen molar-refractivity contribution in [3.8, 4) is 0 Å². The Balaban J connectivity index is 0.00000385. The Labute approximate surface area is 206 Å². The van der Waals surface area contributed by atoms with Gasteiger partial charge in [0.2, 0.25) is 0 Å². The maximum absolute atomic E-state index is 13.5. The van der Waals surface area contributed by atoms with Gasteiger partial charge in [0.25, 0.3) is 5.91 Å². The number of amides is 1. The Hall–Kier alpha value is -2.20. The monoisotopic (exact) mass is 510 g/mol. The van der Waals surface area contributed by atoms with Crippen molar-refractivity contribution in [2.24, 2.45) is 0 Å². The highest BCUT2D eigenvalue weighted by atomic mass is 35.5. The number of halogens is 1. The van der Waals surface area contributed by atoms with Gasteiger partial charge in [0, 0.05) is 44.7 Å². The smallest absolute Gasteiger partial charge is 0.260 e. The molecule has 0 N–H and O–H groups in total. The number of likely N-dealkylation sites (N-methyl/N-ethyl adjacent to an activating group) is 1. The van der Waals surface area contributed by atoms with Crippen LogP contribution in [0, 0.1) is 0 Å². The molecule has 0 aliphatic heterocycles. The van der Waals surface area contributed by atoms with Gasteiger partial charge in [0.05, 0.1) is 15.1 Å². The van der Waals surface area contributed by atoms with E-state index in [1.807, 2.05) is 43.3 Å². The molecular weight excluding hydrogens is 480 g/mol. The molecule has 33 heavy (non-hydrogen) atoms. The third-order valence-electron chi connectivity index (χ3n) is 5.42. The molecule has 1 amide bonds. The van der Waals surface area contributed by atoms with Gasteiger partial charge >= 0.3 is 0 Å². The molecule has 0 aliphatic rings. The molecule has 0 radical (unpaired) electrons. The van der Waals surface area contributed by atoms with Crippen LogP contribution in [-0.4, -0.2) is 70.7 Å². The highest BCUT2D eigenvalue weighted by Crippen LogP contribution is 2.31. The number of aromatic nitrogens is 1. The number of fused-ring (bicyclic) bond motifs is 1. The van der Waals surface area contributed by atoms with Crippen LogP contribution in [0.3, 0.4) is 0 Å². The Kier molecular flexibility index (Phi) is 9.25. The lowest BCUT2D eigenvalue weighted by molar-refractivity contribution is 0.0984. The predicted molar refractivity (Wildman–Crippen MR) is 140 cm³/mol. The number of hydrogen-bond acceptors (Lipinski definition) is 7. The standard InChI is InChI=1S/C23H30N4O3S2.ClH/c1-6-26(7-2)14-15-27(22(28)17-8-10-18(11-9-17)25(3)4)23-24-20-13-12-19(32(5,29)30)16-21(20)31-23;/h8-13,16H,6-7,14-15H2,1-5H3;1H. The van der Waals surface area contributed by atoms with Crippen LogP contribution >= 0.6 is 23.7 Å². The minimum absolute atomic E-state index is 0. The predicted octanol–water partition coefficient (Wildman–Crippen LogP) is 4.18. The number of rotatable bonds is 9. The SMILES string of the molecule is CCN(CC)CCN(C(=O)c1ccc(N(C)C)cc1)c1nc2ccc(S(C)(=O)=O)cc2s1.Cl. The third-order valence-corrected chi connectivity index (χ3v) is 7.57. The van der Waals surface area contributed by atoms with Crippen molar-refractivity contribution in [2.75, 3.05) is 56.3 Å². The first-order valence-electron chi connectivity index (χ1n) is 10.6. The molecule has 0 bridgehead atoms. The molecule has 3 aromatic rings. The maximum atomic E-state index is 13.5. The van der Waals surface area contributed by atoms with Gasteiger partial charge < -0.3 is 9.80 Å². The van der Waals surface area contributed by atoms with Crippen LogP contribution in [-0.2, 0) is 9.84 Å². The van der Waals surface area contributed by atoms with Crippen molar-refractivity contribution < 1.29 is 13.2 Å². The fourth-order valence-electron chi connectivity index (χ4n) is 3.36. The number of sulfone groups is 1. The molecule has 0 unspecified atom stereocenters. The second-order valence-electron chi connectivity index (χ2n) is 7.82. The van der Waals surface area contributed by atoms with Crippen molar-refractivity contribution in [3.05, 3.63) is 48.0 Å². The van der Waals surface area contributed by atoms with Crippen LogP contribution in [0.25, 0.3) is 10.2 Å². The fraction of sp³-hybridized carbons (Fsp3) is 0.391. The molecule has 0 fully saturated rings. The van der Waals surface area contributed by atoms with Crippen LogP contribution in [0.2, 0.25) is 0 Å². The summed E-state index contributed by atoms with van der Waals surface area (Å²) >= 11 is 1.34. The lowest BCUT2D eigenvalue weighted by atomic mass is 10.1. The van der Waals surface area contributed by atoms with Crippen molar-refractivity contribution in [1.82, 2.24) is 9.88 Å². The molecule has 7 nitrogen and oxygen atoms in total. The van der Waals surface area contributed by atoms with Gasteiger partial charge in [0.15, 0.2) is 15.0 Å². The molecule has 1 heterocycles. The first-order valence-corrected chi connectivity index (χ1v) is 13.3. The minimum atomic E-state index is -3.32. The lowest BCUT2D eigenvalue weighted by Crippen LogP contribution is -2.38. The summed E-state index contributed by atoms with van der Waals surface area (Å²) in [6.07, 6.45) is 1.19. The maximum Gasteiger partial charge on any atom is 0.260 e. The Morgan fingerprint density at radius 3 is 2.18 bits per heavy atom. The van der Waals surface area contributed by atoms with Crippen molar-refractivity contribution >= 4 is 60.5 Å². The lowest BCUT2D eigenvalue weighted by Gasteiger charge is -2.25. The highest BCUT2D eigenvalue weighted by Gasteiger charge is 2.22. The van der Waals surface area contributed by atoms with E-state index in [0.717, 1.165) is 30.0 Å². The van der Waals surface area contributed by atoms with Crippen LogP contribution in [0.1, 0.15) is 24.2 Å². The van der Waals surface area contributed by atoms with E-state index < -0.39 is 9.84 Å². The molecule has 0 atom stereocenters. The average molecular weight is 511 g/mol. The Bertz CT molecular complexity index is 1190. The first-order chi connectivity index (χ1) is 15.1. The number of benzene rings is 2. The van der Waals surface area contributed by atoms with Gasteiger partial charge in [-0.1, -0.05) is 25.2 Å². The van der Waals surface area contributed by atoms with Crippen LogP contribution < -0.4 is 9.80 Å². The number of anilines is 2. The zero-order valence-electron chi connectivity index (χ0n) is 19.6. The molecule has 2 aromatic carbocycles. The van der Waals surface area contributed by atoms with Gasteiger partial charge in [-0.05, 0) is 55.6 Å². The van der Waals surface area contributed by atoms with E-state index in [9.17, 15) is 13.2 Å². The van der Waals surface area contributed by atoms with Crippen molar-refractivity contribution in [1.29, 1.82) is 0 Å². The molecule has 180 valence electrons. The summed E-state index contributed by atoms with van der Waals surface area (Å²) in [5.41, 5.74) is 2.29. The number of hydrogen-bond donors (Lipinski definition) is 0. The van der Waals surface area contributed by atoms with Gasteiger partial charge in [-0.2, -0.15) is 0 Å². The van der Waals surface area contributed by atoms with E-state index >= 15 is 0 Å². The highest BCUT2D eigenvalue weighted by molar-refractivity contribution is 7.90. The normalized spacial score (nSPS) is 11.5. The van der Waals surface area contributed by atoms with Gasteiger partial charge in [-0.3, -0.25) is 9.69 Å². The zero-order chi connectivity index (χ0) is 23.5. The molecule has 1 aromatic heterocycles. The Morgan fingerprint density at radius 1 is 1.00 bits per heavy atom. The average Bonchev–Trinajstić information content (AvgIpc) is 3.19. The summed E-state index contributed by atoms with van der Waals surface area (Å²) in [7, 11) is 0.599. The van der Waals surface area contributed by atoms with E-state index in [2.05, 4.69) is 23.7 Å². The van der Waals surface area contributed by atoms with E-state index in [4.69, 9.17) is 0 Å². The molecule has 0 spiro atoms. The number of thiazole rings is 1. The first kappa shape index (κ1) is 27.0. The summed E-state index contributed by atoms with van der Waals surface area (Å²) in [5, 5.41) is 0.569. The van der Waals surface area contributed by atoms with Crippen LogP contribution in [0.15, 0.2) is 47.4 Å². The van der Waals surface area contributed by atoms with Crippen molar-refractivity contribution in [3.63, 3.8) is 0 Å². The van der Waals surface area contributed by atoms with Crippen LogP contribution in [0.4, 0.5) is 10.8 Å². The van der Waals surface area contributed by atoms with E-state index in [-0.39, 0.29) is 23.2 Å². The quantitative estimate of drug-likeness (QED) is 0.430. The van der Waals surface area contributed by atoms with E-state index in [1.54, 1.807) is 23.1 Å². The number of nitrogens with zero attached hydrogens (tertiary/aromatic N) is 4. The zero-order valence-corrected chi connectivity index (χ0v) is 22.1. The van der Waals surface area contributed by atoms with Gasteiger partial charge in [-0.25, -0.2) is 13.4 Å². The molecule has 0 saturated carbocycles. The van der Waals surface area contributed by atoms with Crippen LogP contribution in [0.5, 0.6) is 0 Å². The summed E-state index contributed by atoms with van der Waals surface area (Å²) in [6, 6.07) is 12.4. The molecule has 0 aliphatic carbocycles. The molecule has 10 heteroatoms. The topological polar surface area (TPSA) is 73.8 Å². The minimum Gasteiger partial charge on any atom is -0.378 e. The van der Waals surface area contributed by atoms with Gasteiger partial charge in [0.1, 0.15) is 0 Å².